The third-order valence-electron chi connectivity index (χ3n) is 2.33. The Morgan fingerprint density at radius 2 is 1.40 bits per heavy atom. The van der Waals surface area contributed by atoms with Crippen LogP contribution in [-0.2, 0) is 14.3 Å². The Morgan fingerprint density at radius 1 is 0.950 bits per heavy atom. The van der Waals surface area contributed by atoms with Gasteiger partial charge in [-0.2, -0.15) is 0 Å². The second-order valence-electron chi connectivity index (χ2n) is 3.80. The molecule has 5 atom stereocenters. The molecule has 0 aromatic rings. The molecule has 1 heterocycles. The molecule has 0 spiro atoms. The summed E-state index contributed by atoms with van der Waals surface area (Å²) in [6.45, 7) is -0.526. The molecule has 1 saturated heterocycles. The molecule has 0 aromatic heterocycles. The lowest BCUT2D eigenvalue weighted by molar-refractivity contribution is -0.286. The highest BCUT2D eigenvalue weighted by atomic mass is 16.6. The Kier molecular flexibility index (Phi) is 7.52. The van der Waals surface area contributed by atoms with E-state index in [1.165, 1.54) is 0 Å². The van der Waals surface area contributed by atoms with Crippen molar-refractivity contribution in [2.24, 2.45) is 0 Å². The van der Waals surface area contributed by atoms with Crippen molar-refractivity contribution in [1.29, 1.82) is 0 Å². The van der Waals surface area contributed by atoms with E-state index < -0.39 is 55.4 Å². The maximum Gasteiger partial charge on any atom is 0.344 e. The first-order valence-corrected chi connectivity index (χ1v) is 5.25. The van der Waals surface area contributed by atoms with Gasteiger partial charge in [-0.1, -0.05) is 0 Å². The molecule has 0 radical (unpaired) electrons. The van der Waals surface area contributed by atoms with Gasteiger partial charge in [-0.3, -0.25) is 0 Å². The number of ether oxygens (including phenoxy) is 1. The highest BCUT2D eigenvalue weighted by Gasteiger charge is 2.42. The van der Waals surface area contributed by atoms with E-state index in [2.05, 4.69) is 4.74 Å². The Hall–Kier alpha value is -1.34. The average molecular weight is 300 g/mol. The van der Waals surface area contributed by atoms with E-state index in [9.17, 15) is 9.59 Å². The molecule has 1 fully saturated rings. The first kappa shape index (κ1) is 18.7. The minimum atomic E-state index is -2.30. The summed E-state index contributed by atoms with van der Waals surface area (Å²) in [7, 11) is 0. The lowest BCUT2D eigenvalue weighted by Gasteiger charge is -2.37. The fourth-order valence-corrected chi connectivity index (χ4v) is 1.19. The predicted molar refractivity (Wildman–Crippen MR) is 57.3 cm³/mol. The molecule has 0 aliphatic carbocycles. The van der Waals surface area contributed by atoms with Crippen molar-refractivity contribution in [3.05, 3.63) is 0 Å². The highest BCUT2D eigenvalue weighted by Crippen LogP contribution is 2.18. The molecule has 1 unspecified atom stereocenters. The van der Waals surface area contributed by atoms with Crippen LogP contribution in [-0.4, -0.2) is 96.2 Å². The normalized spacial score (nSPS) is 33.2. The van der Waals surface area contributed by atoms with Crippen molar-refractivity contribution >= 4 is 11.9 Å². The smallest absolute Gasteiger partial charge is 0.344 e. The summed E-state index contributed by atoms with van der Waals surface area (Å²) in [5.41, 5.74) is 0. The van der Waals surface area contributed by atoms with Crippen LogP contribution in [0.2, 0.25) is 0 Å². The quantitative estimate of drug-likeness (QED) is 0.232. The molecular formula is C9H16O11. The number of hydrogen-bond donors (Lipinski definition) is 8. The zero-order chi connectivity index (χ0) is 16.0. The number of aliphatic hydroxyl groups excluding tert-OH is 6. The van der Waals surface area contributed by atoms with Gasteiger partial charge in [-0.15, -0.1) is 0 Å². The second-order valence-corrected chi connectivity index (χ2v) is 3.80. The van der Waals surface area contributed by atoms with Gasteiger partial charge in [-0.25, -0.2) is 9.59 Å². The zero-order valence-corrected chi connectivity index (χ0v) is 9.97. The SMILES string of the molecule is O=C(O)C(O)C(=O)O.OC[C@H]1OC(O)[C@H](O)[C@@H](O)[C@@H]1O. The van der Waals surface area contributed by atoms with Crippen LogP contribution in [0.25, 0.3) is 0 Å². The van der Waals surface area contributed by atoms with Gasteiger partial charge < -0.3 is 45.6 Å². The van der Waals surface area contributed by atoms with E-state index in [0.29, 0.717) is 0 Å². The van der Waals surface area contributed by atoms with Crippen LogP contribution in [0.3, 0.4) is 0 Å². The lowest BCUT2D eigenvalue weighted by atomic mass is 10.00. The maximum atomic E-state index is 9.51. The standard InChI is InChI=1S/C6H12O6.C3H4O5/c7-1-2-3(8)4(9)5(10)6(11)12-2;4-1(2(5)6)3(7)8/h2-11H,1H2;1,4H,(H,5,6)(H,7,8)/t2-,3-,4+,5-,6?;/m1./s1. The summed E-state index contributed by atoms with van der Waals surface area (Å²) >= 11 is 0. The topological polar surface area (TPSA) is 205 Å². The molecule has 20 heavy (non-hydrogen) atoms. The van der Waals surface area contributed by atoms with Gasteiger partial charge in [0.1, 0.15) is 24.4 Å². The largest absolute Gasteiger partial charge is 0.479 e. The van der Waals surface area contributed by atoms with Gasteiger partial charge >= 0.3 is 11.9 Å². The number of rotatable bonds is 3. The van der Waals surface area contributed by atoms with Gasteiger partial charge in [0.05, 0.1) is 6.61 Å². The van der Waals surface area contributed by atoms with Crippen LogP contribution in [0.15, 0.2) is 0 Å². The summed E-state index contributed by atoms with van der Waals surface area (Å²) in [5.74, 6) is -3.50. The average Bonchev–Trinajstić information content (AvgIpc) is 2.40. The van der Waals surface area contributed by atoms with Gasteiger partial charge in [0, 0.05) is 0 Å². The van der Waals surface area contributed by atoms with Crippen molar-refractivity contribution in [3.8, 4) is 0 Å². The number of carboxylic acids is 2. The van der Waals surface area contributed by atoms with Crippen LogP contribution in [0.1, 0.15) is 0 Å². The molecule has 118 valence electrons. The lowest BCUT2D eigenvalue weighted by Crippen LogP contribution is -2.58. The number of aliphatic carboxylic acids is 2. The van der Waals surface area contributed by atoms with E-state index in [1.54, 1.807) is 0 Å². The third-order valence-corrected chi connectivity index (χ3v) is 2.33. The van der Waals surface area contributed by atoms with Crippen LogP contribution in [0, 0.1) is 0 Å². The first-order chi connectivity index (χ1) is 9.13. The van der Waals surface area contributed by atoms with E-state index in [4.69, 9.17) is 40.9 Å². The van der Waals surface area contributed by atoms with Gasteiger partial charge in [-0.05, 0) is 0 Å². The Bertz CT molecular complexity index is 313. The number of carboxylic acid groups (broad SMARTS) is 2. The molecule has 11 heteroatoms. The van der Waals surface area contributed by atoms with Crippen molar-refractivity contribution in [1.82, 2.24) is 0 Å². The molecule has 8 N–H and O–H groups in total. The molecule has 1 aliphatic heterocycles. The minimum Gasteiger partial charge on any atom is -0.479 e. The molecule has 11 nitrogen and oxygen atoms in total. The second kappa shape index (κ2) is 8.06. The summed E-state index contributed by atoms with van der Waals surface area (Å²) in [5, 5.41) is 68.1. The molecule has 1 aliphatic rings. The summed E-state index contributed by atoms with van der Waals surface area (Å²) in [6, 6.07) is 0. The van der Waals surface area contributed by atoms with Crippen LogP contribution >= 0.6 is 0 Å². The monoisotopic (exact) mass is 300 g/mol. The molecule has 1 rings (SSSR count). The summed E-state index contributed by atoms with van der Waals surface area (Å²) in [4.78, 5) is 19.0. The zero-order valence-electron chi connectivity index (χ0n) is 9.97. The highest BCUT2D eigenvalue weighted by molar-refractivity contribution is 5.95. The number of aliphatic hydroxyl groups is 6. The molecule has 0 bridgehead atoms. The van der Waals surface area contributed by atoms with Crippen LogP contribution < -0.4 is 0 Å². The van der Waals surface area contributed by atoms with E-state index >= 15 is 0 Å². The number of carbonyl (C=O) groups is 2. The Labute approximate surface area is 111 Å². The van der Waals surface area contributed by atoms with Crippen molar-refractivity contribution in [2.45, 2.75) is 36.8 Å². The van der Waals surface area contributed by atoms with Crippen LogP contribution in [0.4, 0.5) is 0 Å². The first-order valence-electron chi connectivity index (χ1n) is 5.25. The summed E-state index contributed by atoms with van der Waals surface area (Å²) in [6.07, 6.45) is -9.34. The predicted octanol–water partition coefficient (Wildman–Crippen LogP) is -4.70. The molecule has 0 saturated carbocycles. The van der Waals surface area contributed by atoms with Gasteiger partial charge in [0.2, 0.25) is 6.10 Å². The van der Waals surface area contributed by atoms with Crippen LogP contribution in [0.5, 0.6) is 0 Å². The molecule has 0 aromatic carbocycles. The van der Waals surface area contributed by atoms with Crippen molar-refractivity contribution in [3.63, 3.8) is 0 Å². The number of hydrogen-bond acceptors (Lipinski definition) is 9. The third kappa shape index (κ3) is 4.97. The molecule has 0 amide bonds. The van der Waals surface area contributed by atoms with Gasteiger partial charge in [0.15, 0.2) is 6.29 Å². The summed E-state index contributed by atoms with van der Waals surface area (Å²) < 4.78 is 4.58. The van der Waals surface area contributed by atoms with E-state index in [-0.39, 0.29) is 0 Å². The van der Waals surface area contributed by atoms with Crippen molar-refractivity contribution in [2.75, 3.05) is 6.61 Å². The minimum absolute atomic E-state index is 0.526. The molecular weight excluding hydrogens is 284 g/mol. The maximum absolute atomic E-state index is 9.51. The Morgan fingerprint density at radius 3 is 1.70 bits per heavy atom. The van der Waals surface area contributed by atoms with Crippen molar-refractivity contribution < 1.29 is 55.2 Å². The van der Waals surface area contributed by atoms with Gasteiger partial charge in [0.25, 0.3) is 0 Å². The fourth-order valence-electron chi connectivity index (χ4n) is 1.19. The fraction of sp³-hybridized carbons (Fsp3) is 0.778. The Balaban J connectivity index is 0.000000396. The van der Waals surface area contributed by atoms with E-state index in [1.807, 2.05) is 0 Å². The van der Waals surface area contributed by atoms with E-state index in [0.717, 1.165) is 0 Å².